The molecule has 8 nitrogen and oxygen atoms in total. The Morgan fingerprint density at radius 2 is 1.40 bits per heavy atom. The van der Waals surface area contributed by atoms with Crippen LogP contribution in [0.2, 0.25) is 0 Å². The van der Waals surface area contributed by atoms with Gasteiger partial charge in [-0.1, -0.05) is 36.4 Å². The molecule has 2 aliphatic heterocycles. The molecule has 1 saturated carbocycles. The van der Waals surface area contributed by atoms with E-state index in [0.717, 1.165) is 5.46 Å². The number of hydrogen-bond donors (Lipinski definition) is 3. The Labute approximate surface area is 204 Å². The van der Waals surface area contributed by atoms with Gasteiger partial charge in [0.2, 0.25) is 0 Å². The van der Waals surface area contributed by atoms with Crippen LogP contribution in [0, 0.1) is 0 Å². The zero-order chi connectivity index (χ0) is 25.4. The molecule has 1 saturated heterocycles. The number of imide groups is 1. The van der Waals surface area contributed by atoms with Gasteiger partial charge in [0.05, 0.1) is 40.1 Å². The summed E-state index contributed by atoms with van der Waals surface area (Å²) in [5.74, 6) is -0.887. The molecule has 1 atom stereocenters. The van der Waals surface area contributed by atoms with Gasteiger partial charge in [-0.2, -0.15) is 0 Å². The Kier molecular flexibility index (Phi) is 5.33. The van der Waals surface area contributed by atoms with E-state index in [1.165, 1.54) is 4.90 Å². The third kappa shape index (κ3) is 3.41. The fourth-order valence-corrected chi connectivity index (χ4v) is 5.37. The van der Waals surface area contributed by atoms with Gasteiger partial charge in [0.25, 0.3) is 11.8 Å². The average molecular weight is 479 g/mol. The lowest BCUT2D eigenvalue weighted by atomic mass is 9.58. The standard InChI is InChI=1S/C26H30BNO7/c1-23(2)24(3,4)35-27(34-23)17-11-9-16(10-12-17)25(14-26(33,15-25)20(30)13-29)28-21(31)18-7-5-6-8-19(18)22(28)32/h5-12,20,29-30,33H,13-15H2,1-4H3. The number of nitrogens with zero attached hydrogens (tertiary/aromatic N) is 1. The first-order chi connectivity index (χ1) is 16.4. The summed E-state index contributed by atoms with van der Waals surface area (Å²) in [5.41, 5.74) is -1.75. The molecule has 9 heteroatoms. The number of carbonyl (C=O) groups is 2. The molecule has 184 valence electrons. The summed E-state index contributed by atoms with van der Waals surface area (Å²) in [6.45, 7) is 7.26. The minimum atomic E-state index is -1.63. The van der Waals surface area contributed by atoms with Crippen LogP contribution in [0.25, 0.3) is 0 Å². The quantitative estimate of drug-likeness (QED) is 0.438. The number of aliphatic hydroxyl groups excluding tert-OH is 2. The van der Waals surface area contributed by atoms with E-state index in [1.807, 2.05) is 39.8 Å². The zero-order valence-electron chi connectivity index (χ0n) is 20.3. The summed E-state index contributed by atoms with van der Waals surface area (Å²) in [7, 11) is -0.571. The van der Waals surface area contributed by atoms with Gasteiger partial charge in [0.15, 0.2) is 0 Å². The molecule has 3 N–H and O–H groups in total. The van der Waals surface area contributed by atoms with Crippen molar-refractivity contribution < 1.29 is 34.2 Å². The second kappa shape index (κ2) is 7.72. The van der Waals surface area contributed by atoms with Gasteiger partial charge < -0.3 is 24.6 Å². The fourth-order valence-electron chi connectivity index (χ4n) is 5.37. The van der Waals surface area contributed by atoms with Crippen molar-refractivity contribution in [2.75, 3.05) is 6.61 Å². The minimum Gasteiger partial charge on any atom is -0.399 e. The third-order valence-electron chi connectivity index (χ3n) is 8.19. The predicted molar refractivity (Wildman–Crippen MR) is 128 cm³/mol. The van der Waals surface area contributed by atoms with Crippen molar-refractivity contribution in [2.24, 2.45) is 0 Å². The summed E-state index contributed by atoms with van der Waals surface area (Å²) in [6.07, 6.45) is -1.58. The number of aliphatic hydroxyl groups is 3. The molecule has 2 aromatic carbocycles. The first-order valence-electron chi connectivity index (χ1n) is 11.8. The lowest BCUT2D eigenvalue weighted by Crippen LogP contribution is -2.68. The number of fused-ring (bicyclic) bond motifs is 1. The van der Waals surface area contributed by atoms with Crippen LogP contribution in [-0.2, 0) is 14.8 Å². The smallest absolute Gasteiger partial charge is 0.399 e. The second-order valence-electron chi connectivity index (χ2n) is 10.9. The van der Waals surface area contributed by atoms with E-state index in [4.69, 9.17) is 9.31 Å². The molecule has 2 heterocycles. The molecule has 3 aliphatic rings. The maximum absolute atomic E-state index is 13.4. The van der Waals surface area contributed by atoms with Gasteiger partial charge in [-0.05, 0) is 50.9 Å². The van der Waals surface area contributed by atoms with Gasteiger partial charge in [0.1, 0.15) is 6.10 Å². The molecule has 0 bridgehead atoms. The molecule has 0 radical (unpaired) electrons. The summed E-state index contributed by atoms with van der Waals surface area (Å²) >= 11 is 0. The Bertz CT molecular complexity index is 1140. The molecule has 2 fully saturated rings. The summed E-state index contributed by atoms with van der Waals surface area (Å²) in [5, 5.41) is 30.6. The van der Waals surface area contributed by atoms with Gasteiger partial charge in [-0.25, -0.2) is 0 Å². The Morgan fingerprint density at radius 3 is 1.86 bits per heavy atom. The minimum absolute atomic E-state index is 0.0942. The van der Waals surface area contributed by atoms with Crippen molar-refractivity contribution in [3.05, 3.63) is 65.2 Å². The summed E-state index contributed by atoms with van der Waals surface area (Å²) < 4.78 is 12.3. The van der Waals surface area contributed by atoms with Crippen LogP contribution in [-0.4, -0.2) is 68.7 Å². The monoisotopic (exact) mass is 479 g/mol. The van der Waals surface area contributed by atoms with Gasteiger partial charge in [-0.15, -0.1) is 0 Å². The lowest BCUT2D eigenvalue weighted by molar-refractivity contribution is -0.196. The summed E-state index contributed by atoms with van der Waals surface area (Å²) in [4.78, 5) is 27.9. The zero-order valence-corrected chi connectivity index (χ0v) is 20.3. The van der Waals surface area contributed by atoms with E-state index in [2.05, 4.69) is 0 Å². The highest BCUT2D eigenvalue weighted by Crippen LogP contribution is 2.55. The van der Waals surface area contributed by atoms with E-state index >= 15 is 0 Å². The lowest BCUT2D eigenvalue weighted by Gasteiger charge is -2.58. The van der Waals surface area contributed by atoms with E-state index in [9.17, 15) is 24.9 Å². The van der Waals surface area contributed by atoms with Crippen molar-refractivity contribution in [1.82, 2.24) is 4.90 Å². The van der Waals surface area contributed by atoms with E-state index in [1.54, 1.807) is 36.4 Å². The number of benzene rings is 2. The molecule has 35 heavy (non-hydrogen) atoms. The van der Waals surface area contributed by atoms with Crippen LogP contribution in [0.15, 0.2) is 48.5 Å². The van der Waals surface area contributed by atoms with Crippen molar-refractivity contribution in [1.29, 1.82) is 0 Å². The molecule has 1 unspecified atom stereocenters. The van der Waals surface area contributed by atoms with Crippen LogP contribution < -0.4 is 5.46 Å². The summed E-state index contributed by atoms with van der Waals surface area (Å²) in [6, 6.07) is 13.9. The molecule has 0 spiro atoms. The van der Waals surface area contributed by atoms with Gasteiger partial charge in [0, 0.05) is 12.8 Å². The van der Waals surface area contributed by atoms with E-state index in [-0.39, 0.29) is 12.8 Å². The molecule has 2 aromatic rings. The largest absolute Gasteiger partial charge is 0.494 e. The van der Waals surface area contributed by atoms with Crippen molar-refractivity contribution in [2.45, 2.75) is 69.0 Å². The van der Waals surface area contributed by atoms with Crippen LogP contribution in [0.1, 0.15) is 66.8 Å². The molecular formula is C26H30BNO7. The highest BCUT2D eigenvalue weighted by atomic mass is 16.7. The topological polar surface area (TPSA) is 117 Å². The maximum Gasteiger partial charge on any atom is 0.494 e. The van der Waals surface area contributed by atoms with Crippen LogP contribution in [0.3, 0.4) is 0 Å². The highest BCUT2D eigenvalue weighted by Gasteiger charge is 2.64. The Hall–Kier alpha value is -2.56. The Morgan fingerprint density at radius 1 is 0.914 bits per heavy atom. The molecule has 5 rings (SSSR count). The predicted octanol–water partition coefficient (Wildman–Crippen LogP) is 1.36. The second-order valence-corrected chi connectivity index (χ2v) is 10.9. The highest BCUT2D eigenvalue weighted by molar-refractivity contribution is 6.62. The van der Waals surface area contributed by atoms with Gasteiger partial charge in [-0.3, -0.25) is 14.5 Å². The number of amides is 2. The van der Waals surface area contributed by atoms with Crippen molar-refractivity contribution in [3.63, 3.8) is 0 Å². The van der Waals surface area contributed by atoms with Crippen molar-refractivity contribution >= 4 is 24.4 Å². The third-order valence-corrected chi connectivity index (χ3v) is 8.19. The normalized spacial score (nSPS) is 29.8. The van der Waals surface area contributed by atoms with Crippen LogP contribution in [0.4, 0.5) is 0 Å². The molecule has 2 amide bonds. The maximum atomic E-state index is 13.4. The SMILES string of the molecule is CC1(C)OB(c2ccc(C3(N4C(=O)c5ccccc5C4=O)CC(O)(C(O)CO)C3)cc2)OC1(C)C. The fraction of sp³-hybridized carbons (Fsp3) is 0.462. The van der Waals surface area contributed by atoms with Gasteiger partial charge >= 0.3 is 7.12 Å². The van der Waals surface area contributed by atoms with Crippen LogP contribution in [0.5, 0.6) is 0 Å². The molecular weight excluding hydrogens is 449 g/mol. The molecule has 1 aliphatic carbocycles. The number of carbonyl (C=O) groups excluding carboxylic acids is 2. The average Bonchev–Trinajstić information content (AvgIpc) is 3.19. The van der Waals surface area contributed by atoms with Crippen molar-refractivity contribution in [3.8, 4) is 0 Å². The Balaban J connectivity index is 1.51. The first kappa shape index (κ1) is 24.2. The number of rotatable bonds is 5. The first-order valence-corrected chi connectivity index (χ1v) is 11.8. The van der Waals surface area contributed by atoms with E-state index < -0.39 is 54.0 Å². The number of hydrogen-bond acceptors (Lipinski definition) is 7. The van der Waals surface area contributed by atoms with Crippen LogP contribution >= 0.6 is 0 Å². The van der Waals surface area contributed by atoms with E-state index in [0.29, 0.717) is 16.7 Å². The molecule has 0 aromatic heterocycles.